The molecule has 0 saturated carbocycles. The Labute approximate surface area is 171 Å². The predicted octanol–water partition coefficient (Wildman–Crippen LogP) is 5.77. The van der Waals surface area contributed by atoms with Crippen molar-refractivity contribution >= 4 is 28.6 Å². The monoisotopic (exact) mass is 476 g/mol. The highest BCUT2D eigenvalue weighted by molar-refractivity contribution is 14.1. The van der Waals surface area contributed by atoms with Gasteiger partial charge in [-0.15, -0.1) is 0 Å². The SMILES string of the molecule is COC(=O)c1ccc(OCc2cccc(-c3ccc(I)cc3C)c2)cc1F. The fourth-order valence-corrected chi connectivity index (χ4v) is 3.45. The first-order valence-electron chi connectivity index (χ1n) is 8.34. The topological polar surface area (TPSA) is 35.5 Å². The van der Waals surface area contributed by atoms with Crippen LogP contribution in [0.3, 0.4) is 0 Å². The van der Waals surface area contributed by atoms with Crippen LogP contribution in [0.4, 0.5) is 4.39 Å². The Bertz CT molecular complexity index is 985. The number of hydrogen-bond acceptors (Lipinski definition) is 3. The van der Waals surface area contributed by atoms with Gasteiger partial charge in [-0.2, -0.15) is 0 Å². The van der Waals surface area contributed by atoms with Gasteiger partial charge in [-0.1, -0.05) is 24.3 Å². The van der Waals surface area contributed by atoms with Gasteiger partial charge in [-0.05, 0) is 82.1 Å². The van der Waals surface area contributed by atoms with E-state index in [1.165, 1.54) is 33.9 Å². The third kappa shape index (κ3) is 4.66. The van der Waals surface area contributed by atoms with E-state index in [-0.39, 0.29) is 5.56 Å². The molecular weight excluding hydrogens is 458 g/mol. The van der Waals surface area contributed by atoms with Crippen LogP contribution >= 0.6 is 22.6 Å². The first-order chi connectivity index (χ1) is 13.0. The minimum Gasteiger partial charge on any atom is -0.489 e. The van der Waals surface area contributed by atoms with Crippen LogP contribution in [0, 0.1) is 16.3 Å². The molecule has 0 bridgehead atoms. The van der Waals surface area contributed by atoms with E-state index in [1.54, 1.807) is 6.07 Å². The summed E-state index contributed by atoms with van der Waals surface area (Å²) in [7, 11) is 1.22. The highest BCUT2D eigenvalue weighted by Crippen LogP contribution is 2.26. The summed E-state index contributed by atoms with van der Waals surface area (Å²) in [6.45, 7) is 2.39. The minimum atomic E-state index is -0.709. The number of methoxy groups -OCH3 is 1. The molecule has 0 saturated heterocycles. The molecule has 0 amide bonds. The maximum Gasteiger partial charge on any atom is 0.340 e. The van der Waals surface area contributed by atoms with Crippen molar-refractivity contribution in [2.24, 2.45) is 0 Å². The average molecular weight is 476 g/mol. The fraction of sp³-hybridized carbons (Fsp3) is 0.136. The highest BCUT2D eigenvalue weighted by atomic mass is 127. The molecule has 0 aliphatic rings. The van der Waals surface area contributed by atoms with Gasteiger partial charge in [0.1, 0.15) is 18.2 Å². The molecule has 0 N–H and O–H groups in total. The molecule has 0 fully saturated rings. The van der Waals surface area contributed by atoms with Crippen molar-refractivity contribution in [2.75, 3.05) is 7.11 Å². The molecule has 0 unspecified atom stereocenters. The van der Waals surface area contributed by atoms with E-state index in [2.05, 4.69) is 64.6 Å². The van der Waals surface area contributed by atoms with Gasteiger partial charge in [0.25, 0.3) is 0 Å². The highest BCUT2D eigenvalue weighted by Gasteiger charge is 2.13. The van der Waals surface area contributed by atoms with E-state index in [0.29, 0.717) is 12.4 Å². The molecule has 3 aromatic carbocycles. The van der Waals surface area contributed by atoms with Crippen molar-refractivity contribution in [1.82, 2.24) is 0 Å². The summed E-state index contributed by atoms with van der Waals surface area (Å²) >= 11 is 2.30. The molecule has 0 heterocycles. The Morgan fingerprint density at radius 2 is 1.89 bits per heavy atom. The Hall–Kier alpha value is -2.41. The summed E-state index contributed by atoms with van der Waals surface area (Å²) in [4.78, 5) is 11.4. The maximum atomic E-state index is 14.0. The normalized spacial score (nSPS) is 10.5. The van der Waals surface area contributed by atoms with Gasteiger partial charge >= 0.3 is 5.97 Å². The average Bonchev–Trinajstić information content (AvgIpc) is 2.66. The zero-order valence-electron chi connectivity index (χ0n) is 15.0. The molecule has 0 atom stereocenters. The summed E-state index contributed by atoms with van der Waals surface area (Å²) < 4.78 is 25.4. The lowest BCUT2D eigenvalue weighted by molar-refractivity contribution is 0.0595. The number of hydrogen-bond donors (Lipinski definition) is 0. The van der Waals surface area contributed by atoms with Crippen LogP contribution < -0.4 is 4.74 Å². The summed E-state index contributed by atoms with van der Waals surface area (Å²) in [6, 6.07) is 18.5. The van der Waals surface area contributed by atoms with E-state index in [0.717, 1.165) is 11.1 Å². The molecule has 138 valence electrons. The summed E-state index contributed by atoms with van der Waals surface area (Å²) in [5, 5.41) is 0. The van der Waals surface area contributed by atoms with Gasteiger partial charge < -0.3 is 9.47 Å². The second-order valence-electron chi connectivity index (χ2n) is 6.08. The quantitative estimate of drug-likeness (QED) is 0.347. The number of ether oxygens (including phenoxy) is 2. The Morgan fingerprint density at radius 1 is 1.07 bits per heavy atom. The number of carbonyl (C=O) groups is 1. The molecule has 27 heavy (non-hydrogen) atoms. The van der Waals surface area contributed by atoms with Crippen molar-refractivity contribution in [3.8, 4) is 16.9 Å². The van der Waals surface area contributed by atoms with Crippen LogP contribution in [0.15, 0.2) is 60.7 Å². The summed E-state index contributed by atoms with van der Waals surface area (Å²) in [5.41, 5.74) is 4.35. The van der Waals surface area contributed by atoms with Crippen molar-refractivity contribution in [1.29, 1.82) is 0 Å². The molecule has 0 aromatic heterocycles. The largest absolute Gasteiger partial charge is 0.489 e. The lowest BCUT2D eigenvalue weighted by atomic mass is 9.99. The molecule has 3 aromatic rings. The Morgan fingerprint density at radius 3 is 2.59 bits per heavy atom. The van der Waals surface area contributed by atoms with E-state index in [1.807, 2.05) is 12.1 Å². The summed E-state index contributed by atoms with van der Waals surface area (Å²) in [5.74, 6) is -1.02. The molecule has 3 nitrogen and oxygen atoms in total. The van der Waals surface area contributed by atoms with Crippen LogP contribution in [-0.2, 0) is 11.3 Å². The minimum absolute atomic E-state index is 0.110. The lowest BCUT2D eigenvalue weighted by Gasteiger charge is -2.11. The zero-order valence-corrected chi connectivity index (χ0v) is 17.1. The van der Waals surface area contributed by atoms with E-state index in [4.69, 9.17) is 4.74 Å². The number of halogens is 2. The number of rotatable bonds is 5. The maximum absolute atomic E-state index is 14.0. The molecule has 5 heteroatoms. The van der Waals surface area contributed by atoms with E-state index < -0.39 is 11.8 Å². The van der Waals surface area contributed by atoms with Gasteiger partial charge in [-0.25, -0.2) is 9.18 Å². The van der Waals surface area contributed by atoms with Gasteiger partial charge in [0.15, 0.2) is 0 Å². The molecule has 3 rings (SSSR count). The third-order valence-corrected chi connectivity index (χ3v) is 4.85. The van der Waals surface area contributed by atoms with Crippen LogP contribution in [0.1, 0.15) is 21.5 Å². The molecular formula is C22H18FIO3. The fourth-order valence-electron chi connectivity index (χ4n) is 2.81. The standard InChI is InChI=1S/C22H18FIO3/c1-14-10-17(24)6-8-19(14)16-5-3-4-15(11-16)13-27-18-7-9-20(21(23)12-18)22(25)26-2/h3-12H,13H2,1-2H3. The van der Waals surface area contributed by atoms with Crippen molar-refractivity contribution in [2.45, 2.75) is 13.5 Å². The molecule has 0 spiro atoms. The first kappa shape index (κ1) is 19.4. The molecule has 0 radical (unpaired) electrons. The van der Waals surface area contributed by atoms with Crippen molar-refractivity contribution in [3.63, 3.8) is 0 Å². The van der Waals surface area contributed by atoms with Gasteiger partial charge in [0.05, 0.1) is 12.7 Å². The predicted molar refractivity (Wildman–Crippen MR) is 111 cm³/mol. The van der Waals surface area contributed by atoms with Crippen LogP contribution in [-0.4, -0.2) is 13.1 Å². The number of esters is 1. The third-order valence-electron chi connectivity index (χ3n) is 4.18. The van der Waals surface area contributed by atoms with E-state index in [9.17, 15) is 9.18 Å². The van der Waals surface area contributed by atoms with Gasteiger partial charge in [0, 0.05) is 9.64 Å². The van der Waals surface area contributed by atoms with Crippen molar-refractivity contribution in [3.05, 3.63) is 86.7 Å². The first-order valence-corrected chi connectivity index (χ1v) is 9.42. The Balaban J connectivity index is 1.75. The zero-order chi connectivity index (χ0) is 19.4. The van der Waals surface area contributed by atoms with Gasteiger partial charge in [-0.3, -0.25) is 0 Å². The van der Waals surface area contributed by atoms with Gasteiger partial charge in [0.2, 0.25) is 0 Å². The Kier molecular flexibility index (Phi) is 6.11. The summed E-state index contributed by atoms with van der Waals surface area (Å²) in [6.07, 6.45) is 0. The van der Waals surface area contributed by atoms with Crippen LogP contribution in [0.25, 0.3) is 11.1 Å². The number of aryl methyl sites for hydroxylation is 1. The van der Waals surface area contributed by atoms with Crippen molar-refractivity contribution < 1.29 is 18.7 Å². The second kappa shape index (κ2) is 8.52. The second-order valence-corrected chi connectivity index (χ2v) is 7.33. The van der Waals surface area contributed by atoms with Crippen LogP contribution in [0.2, 0.25) is 0 Å². The molecule has 0 aliphatic heterocycles. The molecule has 0 aliphatic carbocycles. The number of carbonyl (C=O) groups excluding carboxylic acids is 1. The van der Waals surface area contributed by atoms with Crippen LogP contribution in [0.5, 0.6) is 5.75 Å². The lowest BCUT2D eigenvalue weighted by Crippen LogP contribution is -2.05. The smallest absolute Gasteiger partial charge is 0.340 e. The number of benzene rings is 3. The van der Waals surface area contributed by atoms with E-state index >= 15 is 0 Å².